The van der Waals surface area contributed by atoms with Crippen molar-refractivity contribution in [2.45, 2.75) is 30.2 Å². The maximum atomic E-state index is 15.8. The topological polar surface area (TPSA) is 86.0 Å². The average Bonchev–Trinajstić information content (AvgIpc) is 3.40. The molecule has 0 aliphatic carbocycles. The van der Waals surface area contributed by atoms with Gasteiger partial charge in [0.05, 0.1) is 6.54 Å². The van der Waals surface area contributed by atoms with Crippen LogP contribution >= 0.6 is 0 Å². The van der Waals surface area contributed by atoms with Gasteiger partial charge in [0.25, 0.3) is 0 Å². The van der Waals surface area contributed by atoms with Crippen LogP contribution in [0.3, 0.4) is 0 Å². The van der Waals surface area contributed by atoms with E-state index < -0.39 is 59.7 Å². The minimum absolute atomic E-state index is 0.212. The van der Waals surface area contributed by atoms with Crippen LogP contribution in [0.25, 0.3) is 11.1 Å². The molecule has 1 atom stereocenters. The van der Waals surface area contributed by atoms with E-state index in [9.17, 15) is 35.8 Å². The molecule has 2 aromatic heterocycles. The molecule has 7 nitrogen and oxygen atoms in total. The van der Waals surface area contributed by atoms with Crippen molar-refractivity contribution in [2.24, 2.45) is 0 Å². The van der Waals surface area contributed by atoms with Crippen LogP contribution in [0.4, 0.5) is 39.5 Å². The summed E-state index contributed by atoms with van der Waals surface area (Å²) >= 11 is 0. The Balaban J connectivity index is 1.60. The predicted molar refractivity (Wildman–Crippen MR) is 118 cm³/mol. The third kappa shape index (κ3) is 5.57. The van der Waals surface area contributed by atoms with Gasteiger partial charge in [-0.2, -0.15) is 30.7 Å². The minimum Gasteiger partial charge on any atom is -0.487 e. The van der Waals surface area contributed by atoms with E-state index in [0.717, 1.165) is 41.5 Å². The summed E-state index contributed by atoms with van der Waals surface area (Å²) in [5.74, 6) is -12.2. The molecule has 4 rings (SSSR count). The Morgan fingerprint density at radius 2 is 1.52 bits per heavy atom. The first kappa shape index (κ1) is 28.8. The first-order valence-corrected chi connectivity index (χ1v) is 11.0. The van der Waals surface area contributed by atoms with E-state index in [0.29, 0.717) is 23.8 Å². The summed E-state index contributed by atoms with van der Waals surface area (Å²) < 4.78 is 128. The number of hydrogen-bond donors (Lipinski definition) is 1. The standard InChI is InChI=1S/C24H16F9N5O2/c25-16-4-7-18(19(26)9-16)21(39,11-38-13-35-36-37-38)23(29,30)20-8-3-15(10-34-20)14-1-5-17(6-2-14)40-12-22(27,28)24(31,32)33/h1-10,13,39H,11-12H2. The zero-order chi connectivity index (χ0) is 29.3. The molecule has 0 bridgehead atoms. The second-order valence-electron chi connectivity index (χ2n) is 8.51. The smallest absolute Gasteiger partial charge is 0.456 e. The molecule has 0 saturated carbocycles. The molecule has 2 aromatic carbocycles. The predicted octanol–water partition coefficient (Wildman–Crippen LogP) is 5.27. The monoisotopic (exact) mass is 577 g/mol. The molecule has 0 fully saturated rings. The Morgan fingerprint density at radius 3 is 2.08 bits per heavy atom. The highest BCUT2D eigenvalue weighted by molar-refractivity contribution is 5.63. The van der Waals surface area contributed by atoms with E-state index in [4.69, 9.17) is 0 Å². The Labute approximate surface area is 218 Å². The largest absolute Gasteiger partial charge is 0.487 e. The number of tetrazole rings is 1. The number of rotatable bonds is 9. The van der Waals surface area contributed by atoms with Crippen molar-refractivity contribution in [3.05, 3.63) is 90.0 Å². The van der Waals surface area contributed by atoms with E-state index in [-0.39, 0.29) is 11.3 Å². The first-order chi connectivity index (χ1) is 18.6. The number of aliphatic hydroxyl groups is 1. The molecule has 16 heteroatoms. The van der Waals surface area contributed by atoms with Crippen LogP contribution < -0.4 is 4.74 Å². The fourth-order valence-electron chi connectivity index (χ4n) is 3.63. The van der Waals surface area contributed by atoms with Gasteiger partial charge in [-0.25, -0.2) is 13.5 Å². The van der Waals surface area contributed by atoms with Crippen LogP contribution in [0.5, 0.6) is 5.75 Å². The van der Waals surface area contributed by atoms with Gasteiger partial charge in [0, 0.05) is 23.4 Å². The van der Waals surface area contributed by atoms with Crippen molar-refractivity contribution in [1.29, 1.82) is 0 Å². The second-order valence-corrected chi connectivity index (χ2v) is 8.51. The summed E-state index contributed by atoms with van der Waals surface area (Å²) in [6.45, 7) is -2.99. The van der Waals surface area contributed by atoms with E-state index in [1.54, 1.807) is 0 Å². The van der Waals surface area contributed by atoms with E-state index in [2.05, 4.69) is 25.2 Å². The van der Waals surface area contributed by atoms with Crippen molar-refractivity contribution >= 4 is 0 Å². The summed E-state index contributed by atoms with van der Waals surface area (Å²) in [6.07, 6.45) is -3.92. The summed E-state index contributed by atoms with van der Waals surface area (Å²) in [4.78, 5) is 3.69. The lowest BCUT2D eigenvalue weighted by Gasteiger charge is -2.35. The first-order valence-electron chi connectivity index (χ1n) is 11.0. The number of ether oxygens (including phenoxy) is 1. The van der Waals surface area contributed by atoms with Gasteiger partial charge in [-0.05, 0) is 46.3 Å². The highest BCUT2D eigenvalue weighted by Gasteiger charge is 2.59. The Morgan fingerprint density at radius 1 is 0.850 bits per heavy atom. The Hall–Kier alpha value is -4.21. The maximum Gasteiger partial charge on any atom is 0.456 e. The molecule has 0 aliphatic rings. The molecule has 1 unspecified atom stereocenters. The molecule has 1 N–H and O–H groups in total. The number of alkyl halides is 7. The molecule has 0 spiro atoms. The van der Waals surface area contributed by atoms with E-state index in [1.165, 1.54) is 12.1 Å². The van der Waals surface area contributed by atoms with Crippen LogP contribution in [-0.4, -0.2) is 49.0 Å². The van der Waals surface area contributed by atoms with Crippen molar-refractivity contribution in [1.82, 2.24) is 25.2 Å². The molecule has 0 radical (unpaired) electrons. The molecule has 212 valence electrons. The summed E-state index contributed by atoms with van der Waals surface area (Å²) in [5.41, 5.74) is -4.79. The van der Waals surface area contributed by atoms with Gasteiger partial charge < -0.3 is 9.84 Å². The SMILES string of the molecule is OC(Cn1cnnn1)(c1ccc(F)cc1F)C(F)(F)c1ccc(-c2ccc(OCC(F)(F)C(F)(F)F)cc2)cn1. The minimum atomic E-state index is -5.79. The quantitative estimate of drug-likeness (QED) is 0.273. The third-order valence-corrected chi connectivity index (χ3v) is 5.79. The lowest BCUT2D eigenvalue weighted by atomic mass is 9.84. The Bertz CT molecular complexity index is 1450. The van der Waals surface area contributed by atoms with Crippen LogP contribution in [0, 0.1) is 11.6 Å². The van der Waals surface area contributed by atoms with Gasteiger partial charge in [-0.1, -0.05) is 18.2 Å². The van der Waals surface area contributed by atoms with E-state index in [1.807, 2.05) is 0 Å². The van der Waals surface area contributed by atoms with Gasteiger partial charge in [0.1, 0.15) is 29.4 Å². The number of nitrogens with zero attached hydrogens (tertiary/aromatic N) is 5. The van der Waals surface area contributed by atoms with Gasteiger partial charge in [0.2, 0.25) is 0 Å². The number of hydrogen-bond acceptors (Lipinski definition) is 6. The summed E-state index contributed by atoms with van der Waals surface area (Å²) in [5, 5.41) is 21.2. The summed E-state index contributed by atoms with van der Waals surface area (Å²) in [6, 6.07) is 8.36. The fraction of sp³-hybridized carbons (Fsp3) is 0.250. The van der Waals surface area contributed by atoms with Gasteiger partial charge in [-0.3, -0.25) is 4.98 Å². The van der Waals surface area contributed by atoms with E-state index >= 15 is 8.78 Å². The molecule has 2 heterocycles. The highest BCUT2D eigenvalue weighted by Crippen LogP contribution is 2.47. The number of benzene rings is 2. The van der Waals surface area contributed by atoms with Crippen molar-refractivity contribution in [3.8, 4) is 16.9 Å². The molecule has 0 aliphatic heterocycles. The van der Waals surface area contributed by atoms with Crippen LogP contribution in [-0.2, 0) is 18.1 Å². The van der Waals surface area contributed by atoms with Crippen molar-refractivity contribution in [2.75, 3.05) is 6.61 Å². The normalized spacial score (nSPS) is 14.2. The molecule has 0 amide bonds. The van der Waals surface area contributed by atoms with Crippen molar-refractivity contribution < 1.29 is 49.4 Å². The van der Waals surface area contributed by atoms with Gasteiger partial charge >= 0.3 is 18.0 Å². The molecule has 40 heavy (non-hydrogen) atoms. The zero-order valence-electron chi connectivity index (χ0n) is 19.8. The molecular weight excluding hydrogens is 561 g/mol. The average molecular weight is 577 g/mol. The number of halogens is 9. The number of aromatic nitrogens is 5. The highest BCUT2D eigenvalue weighted by atomic mass is 19.4. The van der Waals surface area contributed by atoms with Crippen LogP contribution in [0.2, 0.25) is 0 Å². The molecular formula is C24H16F9N5O2. The Kier molecular flexibility index (Phi) is 7.49. The third-order valence-electron chi connectivity index (χ3n) is 5.79. The zero-order valence-corrected chi connectivity index (χ0v) is 19.8. The molecule has 4 aromatic rings. The van der Waals surface area contributed by atoms with Gasteiger partial charge in [0.15, 0.2) is 12.2 Å². The maximum absolute atomic E-state index is 15.8. The van der Waals surface area contributed by atoms with Gasteiger partial charge in [-0.15, -0.1) is 5.10 Å². The second kappa shape index (κ2) is 10.4. The fourth-order valence-corrected chi connectivity index (χ4v) is 3.63. The van der Waals surface area contributed by atoms with Crippen LogP contribution in [0.15, 0.2) is 67.1 Å². The lowest BCUT2D eigenvalue weighted by Crippen LogP contribution is -2.48. The molecule has 0 saturated heterocycles. The summed E-state index contributed by atoms with van der Waals surface area (Å²) in [7, 11) is 0. The lowest BCUT2D eigenvalue weighted by molar-refractivity contribution is -0.290. The van der Waals surface area contributed by atoms with Crippen LogP contribution in [0.1, 0.15) is 11.3 Å². The van der Waals surface area contributed by atoms with Crippen molar-refractivity contribution in [3.63, 3.8) is 0 Å². The number of pyridine rings is 1.